The van der Waals surface area contributed by atoms with E-state index < -0.39 is 0 Å². The Morgan fingerprint density at radius 3 is 2.41 bits per heavy atom. The third-order valence-electron chi connectivity index (χ3n) is 4.40. The molecule has 1 N–H and O–H groups in total. The lowest BCUT2D eigenvalue weighted by Crippen LogP contribution is -2.17. The Hall–Kier alpha value is -3.75. The van der Waals surface area contributed by atoms with Crippen LogP contribution in [0.25, 0.3) is 5.69 Å². The molecule has 0 saturated carbocycles. The summed E-state index contributed by atoms with van der Waals surface area (Å²) in [5, 5.41) is 15.9. The Balaban J connectivity index is 1.52. The summed E-state index contributed by atoms with van der Waals surface area (Å²) in [6.45, 7) is 6.13. The summed E-state index contributed by atoms with van der Waals surface area (Å²) < 4.78 is 18.2. The van der Waals surface area contributed by atoms with Crippen molar-refractivity contribution in [1.29, 1.82) is 0 Å². The smallest absolute Gasteiger partial charge is 0.277 e. The minimum Gasteiger partial charge on any atom is -0.305 e. The number of carbonyl (C=O) groups is 1. The van der Waals surface area contributed by atoms with Gasteiger partial charge in [0.1, 0.15) is 18.3 Å². The lowest BCUT2D eigenvalue weighted by molar-refractivity contribution is 0.102. The van der Waals surface area contributed by atoms with Gasteiger partial charge in [-0.2, -0.15) is 15.3 Å². The highest BCUT2D eigenvalue weighted by atomic mass is 19.1. The summed E-state index contributed by atoms with van der Waals surface area (Å²) >= 11 is 0. The Morgan fingerprint density at radius 1 is 1.00 bits per heavy atom. The predicted molar refractivity (Wildman–Crippen MR) is 106 cm³/mol. The lowest BCUT2D eigenvalue weighted by Gasteiger charge is -2.08. The van der Waals surface area contributed by atoms with E-state index in [-0.39, 0.29) is 17.4 Å². The molecule has 0 aliphatic rings. The largest absolute Gasteiger partial charge is 0.305 e. The number of hydrogen-bond donors (Lipinski definition) is 1. The number of nitrogens with one attached hydrogen (secondary N) is 1. The first-order valence-electron chi connectivity index (χ1n) is 9.07. The highest BCUT2D eigenvalue weighted by Crippen LogP contribution is 2.18. The van der Waals surface area contributed by atoms with Crippen LogP contribution in [0.5, 0.6) is 0 Å². The average Bonchev–Trinajstić information content (AvgIpc) is 3.36. The van der Waals surface area contributed by atoms with Crippen LogP contribution in [0.4, 0.5) is 10.2 Å². The summed E-state index contributed by atoms with van der Waals surface area (Å²) in [5.74, 6) is -0.219. The first-order valence-corrected chi connectivity index (χ1v) is 9.07. The molecule has 0 aliphatic carbocycles. The highest BCUT2D eigenvalue weighted by molar-refractivity contribution is 6.02. The van der Waals surface area contributed by atoms with Crippen molar-refractivity contribution in [2.45, 2.75) is 27.4 Å². The monoisotopic (exact) mass is 393 g/mol. The zero-order valence-corrected chi connectivity index (χ0v) is 16.3. The van der Waals surface area contributed by atoms with E-state index in [4.69, 9.17) is 0 Å². The molecule has 0 bridgehead atoms. The van der Waals surface area contributed by atoms with Crippen LogP contribution in [0.15, 0.2) is 48.7 Å². The van der Waals surface area contributed by atoms with Gasteiger partial charge in [-0.1, -0.05) is 0 Å². The number of hydrogen-bond acceptors (Lipinski definition) is 4. The average molecular weight is 393 g/mol. The Bertz CT molecular complexity index is 1170. The Kier molecular flexibility index (Phi) is 4.71. The van der Waals surface area contributed by atoms with Crippen LogP contribution in [-0.4, -0.2) is 35.2 Å². The zero-order valence-electron chi connectivity index (χ0n) is 16.3. The van der Waals surface area contributed by atoms with E-state index in [1.54, 1.807) is 39.8 Å². The lowest BCUT2D eigenvalue weighted by atomic mass is 10.3. The second-order valence-electron chi connectivity index (χ2n) is 6.82. The van der Waals surface area contributed by atoms with E-state index in [1.807, 2.05) is 31.5 Å². The van der Waals surface area contributed by atoms with Gasteiger partial charge in [0.2, 0.25) is 0 Å². The van der Waals surface area contributed by atoms with Crippen molar-refractivity contribution in [3.8, 4) is 5.69 Å². The maximum absolute atomic E-state index is 13.2. The van der Waals surface area contributed by atoms with Crippen molar-refractivity contribution in [3.63, 3.8) is 0 Å². The van der Waals surface area contributed by atoms with E-state index in [1.165, 1.54) is 12.1 Å². The summed E-state index contributed by atoms with van der Waals surface area (Å²) in [6, 6.07) is 11.3. The number of aryl methyl sites for hydroxylation is 3. The van der Waals surface area contributed by atoms with Crippen LogP contribution in [0, 0.1) is 26.6 Å². The molecule has 0 fully saturated rings. The van der Waals surface area contributed by atoms with E-state index in [0.29, 0.717) is 18.2 Å². The van der Waals surface area contributed by atoms with Crippen LogP contribution in [-0.2, 0) is 6.67 Å². The van der Waals surface area contributed by atoms with Crippen LogP contribution >= 0.6 is 0 Å². The van der Waals surface area contributed by atoms with Crippen LogP contribution in [0.2, 0.25) is 0 Å². The molecule has 0 unspecified atom stereocenters. The Morgan fingerprint density at radius 2 is 1.72 bits per heavy atom. The maximum atomic E-state index is 13.2. The molecular weight excluding hydrogens is 373 g/mol. The molecule has 1 aromatic carbocycles. The van der Waals surface area contributed by atoms with Crippen molar-refractivity contribution in [2.24, 2.45) is 0 Å². The number of carbonyl (C=O) groups excluding carboxylic acids is 1. The van der Waals surface area contributed by atoms with Crippen LogP contribution in [0.3, 0.4) is 0 Å². The van der Waals surface area contributed by atoms with E-state index in [0.717, 1.165) is 17.1 Å². The van der Waals surface area contributed by atoms with Crippen LogP contribution in [0.1, 0.15) is 27.6 Å². The van der Waals surface area contributed by atoms with Gasteiger partial charge in [-0.3, -0.25) is 9.48 Å². The molecule has 3 aromatic heterocycles. The molecule has 0 aliphatic heterocycles. The summed E-state index contributed by atoms with van der Waals surface area (Å²) in [4.78, 5) is 12.7. The predicted octanol–water partition coefficient (Wildman–Crippen LogP) is 3.09. The van der Waals surface area contributed by atoms with E-state index in [2.05, 4.69) is 20.6 Å². The maximum Gasteiger partial charge on any atom is 0.277 e. The fourth-order valence-electron chi connectivity index (χ4n) is 3.06. The molecule has 148 valence electrons. The molecule has 3 heterocycles. The summed E-state index contributed by atoms with van der Waals surface area (Å²) in [6.07, 6.45) is 1.73. The SMILES string of the molecule is Cc1cc(C)n(Cn2ccc(C(=O)Nc3cc(C)nn3-c3ccc(F)cc3)n2)n1. The van der Waals surface area contributed by atoms with E-state index in [9.17, 15) is 9.18 Å². The third-order valence-corrected chi connectivity index (χ3v) is 4.40. The number of anilines is 1. The second kappa shape index (κ2) is 7.34. The standard InChI is InChI=1S/C20H20FN7O/c1-13-10-15(3)27(23-13)12-26-9-8-18(25-26)20(29)22-19-11-14(2)24-28(19)17-6-4-16(21)5-7-17/h4-11H,12H2,1-3H3,(H,22,29). The molecule has 0 saturated heterocycles. The molecule has 1 amide bonds. The Labute approximate surface area is 166 Å². The van der Waals surface area contributed by atoms with Gasteiger partial charge < -0.3 is 5.32 Å². The van der Waals surface area contributed by atoms with Gasteiger partial charge in [0, 0.05) is 18.0 Å². The first-order chi connectivity index (χ1) is 13.9. The minimum atomic E-state index is -0.361. The van der Waals surface area contributed by atoms with Gasteiger partial charge in [0.05, 0.1) is 17.1 Å². The van der Waals surface area contributed by atoms with Crippen molar-refractivity contribution in [3.05, 3.63) is 77.3 Å². The van der Waals surface area contributed by atoms with E-state index >= 15 is 0 Å². The molecular formula is C20H20FN7O. The number of nitrogens with zero attached hydrogens (tertiary/aromatic N) is 6. The molecule has 9 heteroatoms. The summed E-state index contributed by atoms with van der Waals surface area (Å²) in [7, 11) is 0. The van der Waals surface area contributed by atoms with Gasteiger partial charge in [-0.25, -0.2) is 13.8 Å². The van der Waals surface area contributed by atoms with Crippen molar-refractivity contribution < 1.29 is 9.18 Å². The summed E-state index contributed by atoms with van der Waals surface area (Å²) in [5.41, 5.74) is 3.58. The molecule has 8 nitrogen and oxygen atoms in total. The molecule has 0 spiro atoms. The van der Waals surface area contributed by atoms with Crippen molar-refractivity contribution in [2.75, 3.05) is 5.32 Å². The van der Waals surface area contributed by atoms with Gasteiger partial charge in [0.25, 0.3) is 5.91 Å². The third kappa shape index (κ3) is 3.93. The highest BCUT2D eigenvalue weighted by Gasteiger charge is 2.15. The van der Waals surface area contributed by atoms with Crippen molar-refractivity contribution in [1.82, 2.24) is 29.3 Å². The molecule has 4 aromatic rings. The zero-order chi connectivity index (χ0) is 20.5. The minimum absolute atomic E-state index is 0.274. The van der Waals surface area contributed by atoms with Gasteiger partial charge in [-0.05, 0) is 57.2 Å². The number of benzene rings is 1. The van der Waals surface area contributed by atoms with Gasteiger partial charge in [0.15, 0.2) is 5.69 Å². The molecule has 29 heavy (non-hydrogen) atoms. The number of halogens is 1. The topological polar surface area (TPSA) is 82.6 Å². The second-order valence-corrected chi connectivity index (χ2v) is 6.82. The fraction of sp³-hybridized carbons (Fsp3) is 0.200. The van der Waals surface area contributed by atoms with Gasteiger partial charge >= 0.3 is 0 Å². The normalized spacial score (nSPS) is 11.0. The quantitative estimate of drug-likeness (QED) is 0.565. The molecule has 4 rings (SSSR count). The first kappa shape index (κ1) is 18.6. The van der Waals surface area contributed by atoms with Crippen molar-refractivity contribution >= 4 is 11.7 Å². The van der Waals surface area contributed by atoms with Gasteiger partial charge in [-0.15, -0.1) is 0 Å². The molecule has 0 radical (unpaired) electrons. The number of aromatic nitrogens is 6. The molecule has 0 atom stereocenters. The van der Waals surface area contributed by atoms with Crippen LogP contribution < -0.4 is 5.32 Å². The number of rotatable bonds is 5. The fourth-order valence-corrected chi connectivity index (χ4v) is 3.06. The number of amides is 1.